The van der Waals surface area contributed by atoms with E-state index in [2.05, 4.69) is 14.9 Å². The summed E-state index contributed by atoms with van der Waals surface area (Å²) in [7, 11) is 0. The quantitative estimate of drug-likeness (QED) is 0.709. The van der Waals surface area contributed by atoms with Gasteiger partial charge < -0.3 is 14.6 Å². The number of carbonyl (C=O) groups excluding carboxylic acids is 1. The number of nitrogens with one attached hydrogen (secondary N) is 1. The molecule has 6 rings (SSSR count). The van der Waals surface area contributed by atoms with Gasteiger partial charge in [-0.25, -0.2) is 4.98 Å². The lowest BCUT2D eigenvalue weighted by atomic mass is 9.99. The fourth-order valence-electron chi connectivity index (χ4n) is 5.80. The van der Waals surface area contributed by atoms with E-state index in [1.807, 2.05) is 23.5 Å². The van der Waals surface area contributed by atoms with Crippen LogP contribution < -0.4 is 5.56 Å². The van der Waals surface area contributed by atoms with Gasteiger partial charge in [-0.2, -0.15) is 0 Å². The fraction of sp³-hybridized carbons (Fsp3) is 0.522. The molecule has 3 fully saturated rings. The molecule has 0 spiro atoms. The first-order valence-corrected chi connectivity index (χ1v) is 11.1. The van der Waals surface area contributed by atoms with E-state index in [4.69, 9.17) is 4.74 Å². The van der Waals surface area contributed by atoms with E-state index in [-0.39, 0.29) is 17.4 Å². The first kappa shape index (κ1) is 18.1. The first-order valence-electron chi connectivity index (χ1n) is 11.1. The van der Waals surface area contributed by atoms with E-state index in [0.717, 1.165) is 68.6 Å². The number of nitrogens with zero attached hydrogens (tertiary/aromatic N) is 3. The number of imidazole rings is 1. The van der Waals surface area contributed by atoms with Crippen LogP contribution in [0, 0.1) is 6.92 Å². The minimum Gasteiger partial charge on any atom is -0.381 e. The number of fused-ring (bicyclic) bond motifs is 5. The van der Waals surface area contributed by atoms with E-state index >= 15 is 0 Å². The Bertz CT molecular complexity index is 1200. The van der Waals surface area contributed by atoms with Gasteiger partial charge in [-0.15, -0.1) is 0 Å². The Morgan fingerprint density at radius 3 is 2.47 bits per heavy atom. The molecule has 3 aromatic rings. The number of ether oxygens (including phenoxy) is 1. The molecule has 3 aliphatic heterocycles. The van der Waals surface area contributed by atoms with Crippen molar-refractivity contribution in [3.05, 3.63) is 45.6 Å². The van der Waals surface area contributed by atoms with Crippen LogP contribution in [-0.4, -0.2) is 50.5 Å². The molecule has 0 radical (unpaired) electrons. The van der Waals surface area contributed by atoms with E-state index in [0.29, 0.717) is 28.7 Å². The summed E-state index contributed by atoms with van der Waals surface area (Å²) in [6.45, 7) is 3.43. The van der Waals surface area contributed by atoms with Gasteiger partial charge in [-0.05, 0) is 63.1 Å². The highest BCUT2D eigenvalue weighted by molar-refractivity contribution is 6.00. The molecule has 2 bridgehead atoms. The van der Waals surface area contributed by atoms with Gasteiger partial charge in [0.2, 0.25) is 0 Å². The summed E-state index contributed by atoms with van der Waals surface area (Å²) in [4.78, 5) is 35.9. The Morgan fingerprint density at radius 1 is 1.07 bits per heavy atom. The minimum atomic E-state index is -0.170. The number of benzene rings is 1. The highest BCUT2D eigenvalue weighted by atomic mass is 16.5. The molecule has 0 saturated carbocycles. The number of H-pyrrole nitrogens is 1. The van der Waals surface area contributed by atoms with Gasteiger partial charge >= 0.3 is 0 Å². The standard InChI is InChI=1S/C23H26N4O3/c1-13-10-19-18(11-17(13)23(29)26-15-2-3-16(26)5-4-15)25-22(28)20-12-24-21(27(19)20)14-6-8-30-9-7-14/h10-12,14-16H,2-9H2,1H3,(H,25,28). The lowest BCUT2D eigenvalue weighted by Gasteiger charge is -2.24. The van der Waals surface area contributed by atoms with Crippen molar-refractivity contribution in [1.82, 2.24) is 19.3 Å². The van der Waals surface area contributed by atoms with Crippen LogP contribution in [0.15, 0.2) is 23.1 Å². The number of carbonyl (C=O) groups is 1. The smallest absolute Gasteiger partial charge is 0.274 e. The highest BCUT2D eigenvalue weighted by Gasteiger charge is 2.42. The molecule has 156 valence electrons. The minimum absolute atomic E-state index is 0.107. The third kappa shape index (κ3) is 2.57. The average Bonchev–Trinajstić information content (AvgIpc) is 3.49. The number of aromatic nitrogens is 3. The molecule has 1 amide bonds. The number of rotatable bonds is 2. The predicted molar refractivity (Wildman–Crippen MR) is 113 cm³/mol. The second kappa shape index (κ2) is 6.67. The topological polar surface area (TPSA) is 79.7 Å². The molecule has 0 unspecified atom stereocenters. The molecular formula is C23H26N4O3. The number of hydrogen-bond donors (Lipinski definition) is 1. The van der Waals surface area contributed by atoms with E-state index < -0.39 is 0 Å². The van der Waals surface area contributed by atoms with Crippen molar-refractivity contribution in [2.24, 2.45) is 0 Å². The Hall–Kier alpha value is -2.67. The molecule has 3 saturated heterocycles. The van der Waals surface area contributed by atoms with Gasteiger partial charge in [0.05, 0.1) is 17.2 Å². The number of aromatic amines is 1. The van der Waals surface area contributed by atoms with Crippen LogP contribution in [0.2, 0.25) is 0 Å². The van der Waals surface area contributed by atoms with E-state index in [1.165, 1.54) is 0 Å². The van der Waals surface area contributed by atoms with Gasteiger partial charge in [0, 0.05) is 36.8 Å². The summed E-state index contributed by atoms with van der Waals surface area (Å²) >= 11 is 0. The van der Waals surface area contributed by atoms with Gasteiger partial charge in [0.1, 0.15) is 11.3 Å². The van der Waals surface area contributed by atoms with Crippen LogP contribution >= 0.6 is 0 Å². The Labute approximate surface area is 174 Å². The second-order valence-corrected chi connectivity index (χ2v) is 9.04. The molecule has 2 aromatic heterocycles. The summed E-state index contributed by atoms with van der Waals surface area (Å²) in [6.07, 6.45) is 7.93. The molecule has 1 N–H and O–H groups in total. The third-order valence-corrected chi connectivity index (χ3v) is 7.36. The molecule has 5 heterocycles. The predicted octanol–water partition coefficient (Wildman–Crippen LogP) is 3.15. The third-order valence-electron chi connectivity index (χ3n) is 7.36. The van der Waals surface area contributed by atoms with Crippen molar-refractivity contribution < 1.29 is 9.53 Å². The maximum Gasteiger partial charge on any atom is 0.274 e. The molecule has 0 atom stereocenters. The largest absolute Gasteiger partial charge is 0.381 e. The Kier molecular flexibility index (Phi) is 4.03. The van der Waals surface area contributed by atoms with Crippen LogP contribution in [0.25, 0.3) is 16.6 Å². The second-order valence-electron chi connectivity index (χ2n) is 9.04. The lowest BCUT2D eigenvalue weighted by molar-refractivity contribution is 0.0729. The number of aryl methyl sites for hydroxylation is 1. The normalized spacial score (nSPS) is 24.4. The van der Waals surface area contributed by atoms with Gasteiger partial charge in [-0.3, -0.25) is 14.0 Å². The summed E-state index contributed by atoms with van der Waals surface area (Å²) in [5, 5.41) is 0. The van der Waals surface area contributed by atoms with Crippen LogP contribution in [0.4, 0.5) is 0 Å². The van der Waals surface area contributed by atoms with Crippen molar-refractivity contribution in [2.75, 3.05) is 13.2 Å². The molecule has 7 heteroatoms. The Morgan fingerprint density at radius 2 is 1.77 bits per heavy atom. The van der Waals surface area contributed by atoms with Crippen molar-refractivity contribution in [3.8, 4) is 0 Å². The van der Waals surface area contributed by atoms with E-state index in [1.54, 1.807) is 6.20 Å². The van der Waals surface area contributed by atoms with Crippen molar-refractivity contribution in [2.45, 2.75) is 63.5 Å². The molecular weight excluding hydrogens is 380 g/mol. The Balaban J connectivity index is 1.51. The van der Waals surface area contributed by atoms with Crippen molar-refractivity contribution >= 4 is 22.5 Å². The zero-order chi connectivity index (χ0) is 20.4. The van der Waals surface area contributed by atoms with Crippen molar-refractivity contribution in [1.29, 1.82) is 0 Å². The molecule has 1 aromatic carbocycles. The summed E-state index contributed by atoms with van der Waals surface area (Å²) in [5.74, 6) is 1.30. The SMILES string of the molecule is Cc1cc2c(cc1C(=O)N1C3CCC1CC3)[nH]c(=O)c1cnc(C3CCOCC3)n12. The first-order chi connectivity index (χ1) is 14.6. The zero-order valence-electron chi connectivity index (χ0n) is 17.2. The van der Waals surface area contributed by atoms with Crippen LogP contribution in [0.3, 0.4) is 0 Å². The maximum absolute atomic E-state index is 13.4. The zero-order valence-corrected chi connectivity index (χ0v) is 17.2. The summed E-state index contributed by atoms with van der Waals surface area (Å²) < 4.78 is 7.50. The highest BCUT2D eigenvalue weighted by Crippen LogP contribution is 2.39. The maximum atomic E-state index is 13.4. The molecule has 0 aliphatic carbocycles. The molecule has 30 heavy (non-hydrogen) atoms. The lowest BCUT2D eigenvalue weighted by Crippen LogP contribution is -2.35. The van der Waals surface area contributed by atoms with Crippen LogP contribution in [0.5, 0.6) is 0 Å². The van der Waals surface area contributed by atoms with Gasteiger partial charge in [0.15, 0.2) is 0 Å². The van der Waals surface area contributed by atoms with Crippen molar-refractivity contribution in [3.63, 3.8) is 0 Å². The van der Waals surface area contributed by atoms with E-state index in [9.17, 15) is 9.59 Å². The van der Waals surface area contributed by atoms with Crippen LogP contribution in [-0.2, 0) is 4.74 Å². The van der Waals surface area contributed by atoms with Gasteiger partial charge in [-0.1, -0.05) is 0 Å². The fourth-order valence-corrected chi connectivity index (χ4v) is 5.80. The molecule has 3 aliphatic rings. The number of amides is 1. The monoisotopic (exact) mass is 406 g/mol. The average molecular weight is 406 g/mol. The summed E-state index contributed by atoms with van der Waals surface area (Å²) in [6, 6.07) is 4.67. The van der Waals surface area contributed by atoms with Gasteiger partial charge in [0.25, 0.3) is 11.5 Å². The summed E-state index contributed by atoms with van der Waals surface area (Å²) in [5.41, 5.74) is 3.63. The number of hydrogen-bond acceptors (Lipinski definition) is 4. The molecule has 7 nitrogen and oxygen atoms in total. The van der Waals surface area contributed by atoms with Crippen LogP contribution in [0.1, 0.15) is 66.2 Å².